The van der Waals surface area contributed by atoms with E-state index in [9.17, 15) is 0 Å². The van der Waals surface area contributed by atoms with E-state index in [4.69, 9.17) is 5.84 Å². The van der Waals surface area contributed by atoms with E-state index in [0.29, 0.717) is 5.92 Å². The van der Waals surface area contributed by atoms with Gasteiger partial charge in [0.2, 0.25) is 0 Å². The third-order valence-corrected chi connectivity index (χ3v) is 3.43. The van der Waals surface area contributed by atoms with Gasteiger partial charge in [0.15, 0.2) is 5.13 Å². The van der Waals surface area contributed by atoms with Gasteiger partial charge in [-0.1, -0.05) is 13.8 Å². The molecule has 1 heterocycles. The fourth-order valence-electron chi connectivity index (χ4n) is 1.62. The van der Waals surface area contributed by atoms with Gasteiger partial charge in [-0.2, -0.15) is 0 Å². The van der Waals surface area contributed by atoms with E-state index in [-0.39, 0.29) is 0 Å². The minimum absolute atomic E-state index is 0.693. The monoisotopic (exact) mass is 211 g/mol. The molecule has 0 aliphatic heterocycles. The number of aromatic nitrogens is 1. The van der Waals surface area contributed by atoms with Gasteiger partial charge in [0.25, 0.3) is 0 Å². The Labute approximate surface area is 88.7 Å². The molecule has 1 aromatic heterocycles. The van der Waals surface area contributed by atoms with Crippen molar-refractivity contribution in [1.29, 1.82) is 0 Å². The number of nitrogens with one attached hydrogen (secondary N) is 1. The SMILES string of the molecule is CC(C)Cc1sc(NN)nc1C1CC1. The Bertz CT molecular complexity index is 315. The molecule has 14 heavy (non-hydrogen) atoms. The normalized spacial score (nSPS) is 16.3. The van der Waals surface area contributed by atoms with Gasteiger partial charge < -0.3 is 0 Å². The van der Waals surface area contributed by atoms with Crippen LogP contribution in [0, 0.1) is 5.92 Å². The summed E-state index contributed by atoms with van der Waals surface area (Å²) < 4.78 is 0. The number of hydrogen-bond acceptors (Lipinski definition) is 4. The second-order valence-corrected chi connectivity index (χ2v) is 5.43. The van der Waals surface area contributed by atoms with Gasteiger partial charge in [0.05, 0.1) is 5.69 Å². The number of nitrogen functional groups attached to an aromatic ring is 1. The first-order chi connectivity index (χ1) is 6.70. The summed E-state index contributed by atoms with van der Waals surface area (Å²) in [5.41, 5.74) is 3.95. The van der Waals surface area contributed by atoms with Crippen molar-refractivity contribution >= 4 is 16.5 Å². The molecule has 0 unspecified atom stereocenters. The van der Waals surface area contributed by atoms with Crippen LogP contribution in [0.15, 0.2) is 0 Å². The van der Waals surface area contributed by atoms with Gasteiger partial charge in [-0.3, -0.25) is 5.43 Å². The largest absolute Gasteiger partial charge is 0.300 e. The molecular weight excluding hydrogens is 194 g/mol. The maximum absolute atomic E-state index is 5.38. The number of hydrazine groups is 1. The minimum Gasteiger partial charge on any atom is -0.300 e. The van der Waals surface area contributed by atoms with Crippen LogP contribution in [0.2, 0.25) is 0 Å². The number of rotatable bonds is 4. The summed E-state index contributed by atoms with van der Waals surface area (Å²) in [7, 11) is 0. The first-order valence-electron chi connectivity index (χ1n) is 5.17. The third kappa shape index (κ3) is 2.07. The molecule has 1 fully saturated rings. The van der Waals surface area contributed by atoms with E-state index in [1.165, 1.54) is 23.4 Å². The van der Waals surface area contributed by atoms with Crippen molar-refractivity contribution < 1.29 is 0 Å². The molecule has 1 aromatic rings. The molecule has 3 nitrogen and oxygen atoms in total. The molecule has 0 amide bonds. The first-order valence-corrected chi connectivity index (χ1v) is 5.98. The van der Waals surface area contributed by atoms with Gasteiger partial charge in [-0.25, -0.2) is 10.8 Å². The lowest BCUT2D eigenvalue weighted by Gasteiger charge is -2.02. The molecule has 0 bridgehead atoms. The fourth-order valence-corrected chi connectivity index (χ4v) is 2.79. The Balaban J connectivity index is 2.21. The highest BCUT2D eigenvalue weighted by Crippen LogP contribution is 2.44. The fraction of sp³-hybridized carbons (Fsp3) is 0.700. The molecule has 1 aliphatic rings. The standard InChI is InChI=1S/C10H17N3S/c1-6(2)5-8-9(7-3-4-7)12-10(13-11)14-8/h6-7H,3-5,11H2,1-2H3,(H,12,13). The molecule has 0 atom stereocenters. The molecule has 3 N–H and O–H groups in total. The van der Waals surface area contributed by atoms with E-state index in [1.54, 1.807) is 11.3 Å². The van der Waals surface area contributed by atoms with Crippen molar-refractivity contribution in [1.82, 2.24) is 4.98 Å². The Kier molecular flexibility index (Phi) is 2.74. The Morgan fingerprint density at radius 1 is 1.57 bits per heavy atom. The molecule has 0 saturated heterocycles. The van der Waals surface area contributed by atoms with Crippen LogP contribution in [0.3, 0.4) is 0 Å². The topological polar surface area (TPSA) is 50.9 Å². The third-order valence-electron chi connectivity index (χ3n) is 2.41. The maximum Gasteiger partial charge on any atom is 0.197 e. The Morgan fingerprint density at radius 2 is 2.29 bits per heavy atom. The van der Waals surface area contributed by atoms with Crippen LogP contribution in [0.1, 0.15) is 43.2 Å². The van der Waals surface area contributed by atoms with Crippen LogP contribution in [-0.2, 0) is 6.42 Å². The number of hydrogen-bond donors (Lipinski definition) is 2. The summed E-state index contributed by atoms with van der Waals surface area (Å²) in [6.45, 7) is 4.48. The van der Waals surface area contributed by atoms with E-state index in [0.717, 1.165) is 17.5 Å². The van der Waals surface area contributed by atoms with E-state index < -0.39 is 0 Å². The number of nitrogens with zero attached hydrogens (tertiary/aromatic N) is 1. The smallest absolute Gasteiger partial charge is 0.197 e. The predicted octanol–water partition coefficient (Wildman–Crippen LogP) is 2.50. The summed E-state index contributed by atoms with van der Waals surface area (Å²) in [4.78, 5) is 5.95. The van der Waals surface area contributed by atoms with Crippen molar-refractivity contribution in [3.63, 3.8) is 0 Å². The van der Waals surface area contributed by atoms with Gasteiger partial charge >= 0.3 is 0 Å². The highest BCUT2D eigenvalue weighted by Gasteiger charge is 2.29. The first kappa shape index (κ1) is 9.93. The van der Waals surface area contributed by atoms with Crippen LogP contribution in [0.25, 0.3) is 0 Å². The molecule has 1 aliphatic carbocycles. The molecule has 0 radical (unpaired) electrons. The molecule has 0 spiro atoms. The molecule has 1 saturated carbocycles. The lowest BCUT2D eigenvalue weighted by molar-refractivity contribution is 0.648. The highest BCUT2D eigenvalue weighted by molar-refractivity contribution is 7.15. The van der Waals surface area contributed by atoms with E-state index >= 15 is 0 Å². The van der Waals surface area contributed by atoms with Gasteiger partial charge in [-0.15, -0.1) is 11.3 Å². The van der Waals surface area contributed by atoms with Crippen LogP contribution in [-0.4, -0.2) is 4.98 Å². The van der Waals surface area contributed by atoms with Gasteiger partial charge in [0.1, 0.15) is 0 Å². The predicted molar refractivity (Wildman–Crippen MR) is 60.4 cm³/mol. The van der Waals surface area contributed by atoms with Crippen LogP contribution in [0.5, 0.6) is 0 Å². The summed E-state index contributed by atoms with van der Waals surface area (Å²) in [6.07, 6.45) is 3.74. The molecular formula is C10H17N3S. The Morgan fingerprint density at radius 3 is 2.79 bits per heavy atom. The van der Waals surface area contributed by atoms with Crippen LogP contribution >= 0.6 is 11.3 Å². The second-order valence-electron chi connectivity index (χ2n) is 4.34. The summed E-state index contributed by atoms with van der Waals surface area (Å²) in [5, 5.41) is 0.863. The van der Waals surface area contributed by atoms with Gasteiger partial charge in [-0.05, 0) is 25.2 Å². The van der Waals surface area contributed by atoms with Crippen molar-refractivity contribution in [2.24, 2.45) is 11.8 Å². The zero-order valence-electron chi connectivity index (χ0n) is 8.71. The molecule has 78 valence electrons. The van der Waals surface area contributed by atoms with Crippen LogP contribution < -0.4 is 11.3 Å². The van der Waals surface area contributed by atoms with Crippen LogP contribution in [0.4, 0.5) is 5.13 Å². The number of thiazole rings is 1. The molecule has 0 aromatic carbocycles. The molecule has 4 heteroatoms. The summed E-state index contributed by atoms with van der Waals surface area (Å²) >= 11 is 1.71. The number of anilines is 1. The quantitative estimate of drug-likeness (QED) is 0.594. The molecule has 2 rings (SSSR count). The zero-order valence-corrected chi connectivity index (χ0v) is 9.53. The average molecular weight is 211 g/mol. The maximum atomic E-state index is 5.38. The number of nitrogens with two attached hydrogens (primary N) is 1. The van der Waals surface area contributed by atoms with Crippen molar-refractivity contribution in [3.05, 3.63) is 10.6 Å². The summed E-state index contributed by atoms with van der Waals surface area (Å²) in [5.74, 6) is 6.80. The van der Waals surface area contributed by atoms with E-state index in [2.05, 4.69) is 24.3 Å². The van der Waals surface area contributed by atoms with Crippen molar-refractivity contribution in [2.45, 2.75) is 39.0 Å². The zero-order chi connectivity index (χ0) is 10.1. The van der Waals surface area contributed by atoms with E-state index in [1.807, 2.05) is 0 Å². The highest BCUT2D eigenvalue weighted by atomic mass is 32.1. The average Bonchev–Trinajstić information content (AvgIpc) is 2.88. The minimum atomic E-state index is 0.693. The van der Waals surface area contributed by atoms with Gasteiger partial charge in [0, 0.05) is 10.8 Å². The second kappa shape index (κ2) is 3.87. The van der Waals surface area contributed by atoms with Crippen molar-refractivity contribution in [3.8, 4) is 0 Å². The Hall–Kier alpha value is -0.610. The lowest BCUT2D eigenvalue weighted by Crippen LogP contribution is -2.05. The van der Waals surface area contributed by atoms with Crippen molar-refractivity contribution in [2.75, 3.05) is 5.43 Å². The summed E-state index contributed by atoms with van der Waals surface area (Å²) in [6, 6.07) is 0. The lowest BCUT2D eigenvalue weighted by atomic mass is 10.1.